The van der Waals surface area contributed by atoms with E-state index in [1.807, 2.05) is 0 Å². The van der Waals surface area contributed by atoms with E-state index in [1.54, 1.807) is 32.9 Å². The predicted octanol–water partition coefficient (Wildman–Crippen LogP) is 2.48. The maximum atomic E-state index is 14.8. The first-order chi connectivity index (χ1) is 9.17. The molecule has 0 amide bonds. The van der Waals surface area contributed by atoms with Crippen LogP contribution in [0.15, 0.2) is 18.2 Å². The van der Waals surface area contributed by atoms with Crippen LogP contribution >= 0.6 is 0 Å². The van der Waals surface area contributed by atoms with E-state index >= 15 is 0 Å². The monoisotopic (exact) mass is 280 g/mol. The predicted molar refractivity (Wildman–Crippen MR) is 70.7 cm³/mol. The molecule has 0 radical (unpaired) electrons. The molecular formula is C15H17FO4. The first kappa shape index (κ1) is 14.5. The number of benzene rings is 1. The molecule has 0 saturated carbocycles. The minimum atomic E-state index is -2.64. The molecule has 1 unspecified atom stereocenters. The van der Waals surface area contributed by atoms with E-state index in [0.29, 0.717) is 11.3 Å². The largest absolute Gasteiger partial charge is 0.497 e. The Balaban J connectivity index is 2.33. The van der Waals surface area contributed by atoms with Gasteiger partial charge in [0.15, 0.2) is 0 Å². The molecule has 0 fully saturated rings. The molecule has 108 valence electrons. The molecule has 1 aliphatic rings. The number of Topliss-reactive ketones (excluding diaryl/α,β-unsaturated/α-hetero) is 1. The zero-order valence-corrected chi connectivity index (χ0v) is 12.0. The molecule has 4 nitrogen and oxygen atoms in total. The van der Waals surface area contributed by atoms with Crippen molar-refractivity contribution in [2.75, 3.05) is 7.11 Å². The Bertz CT molecular complexity index is 574. The van der Waals surface area contributed by atoms with Crippen molar-refractivity contribution in [2.24, 2.45) is 0 Å². The lowest BCUT2D eigenvalue weighted by molar-refractivity contribution is -0.165. The van der Waals surface area contributed by atoms with Gasteiger partial charge < -0.3 is 9.47 Å². The number of methoxy groups -OCH3 is 1. The summed E-state index contributed by atoms with van der Waals surface area (Å²) in [5.41, 5.74) is -2.81. The molecule has 0 heterocycles. The second-order valence-corrected chi connectivity index (χ2v) is 5.83. The fraction of sp³-hybridized carbons (Fsp3) is 0.467. The second kappa shape index (κ2) is 4.58. The highest BCUT2D eigenvalue weighted by molar-refractivity contribution is 6.19. The molecule has 1 aliphatic carbocycles. The number of fused-ring (bicyclic) bond motifs is 1. The van der Waals surface area contributed by atoms with Crippen molar-refractivity contribution in [1.82, 2.24) is 0 Å². The lowest BCUT2D eigenvalue weighted by Gasteiger charge is -2.24. The highest BCUT2D eigenvalue weighted by Crippen LogP contribution is 2.36. The van der Waals surface area contributed by atoms with E-state index < -0.39 is 23.0 Å². The third-order valence-electron chi connectivity index (χ3n) is 3.08. The molecule has 1 atom stereocenters. The van der Waals surface area contributed by atoms with Crippen LogP contribution in [0.1, 0.15) is 36.7 Å². The van der Waals surface area contributed by atoms with Gasteiger partial charge in [0.05, 0.1) is 7.11 Å². The van der Waals surface area contributed by atoms with Crippen molar-refractivity contribution in [2.45, 2.75) is 38.5 Å². The fourth-order valence-corrected chi connectivity index (χ4v) is 2.13. The van der Waals surface area contributed by atoms with Crippen LogP contribution < -0.4 is 4.74 Å². The zero-order chi connectivity index (χ0) is 15.1. The smallest absolute Gasteiger partial charge is 0.353 e. The third-order valence-corrected chi connectivity index (χ3v) is 3.08. The Labute approximate surface area is 116 Å². The number of hydrogen-bond acceptors (Lipinski definition) is 4. The van der Waals surface area contributed by atoms with Gasteiger partial charge in [-0.1, -0.05) is 6.07 Å². The Morgan fingerprint density at radius 2 is 2.00 bits per heavy atom. The van der Waals surface area contributed by atoms with Crippen LogP contribution in [0.2, 0.25) is 0 Å². The van der Waals surface area contributed by atoms with Crippen LogP contribution in [0.4, 0.5) is 4.39 Å². The summed E-state index contributed by atoms with van der Waals surface area (Å²) < 4.78 is 24.8. The van der Waals surface area contributed by atoms with E-state index in [4.69, 9.17) is 9.47 Å². The van der Waals surface area contributed by atoms with Crippen molar-refractivity contribution in [1.29, 1.82) is 0 Å². The number of carbonyl (C=O) groups is 2. The van der Waals surface area contributed by atoms with Crippen molar-refractivity contribution in [3.05, 3.63) is 29.3 Å². The Hall–Kier alpha value is -1.91. The number of ether oxygens (including phenoxy) is 2. The summed E-state index contributed by atoms with van der Waals surface area (Å²) in [7, 11) is 1.46. The van der Waals surface area contributed by atoms with Crippen molar-refractivity contribution in [3.63, 3.8) is 0 Å². The van der Waals surface area contributed by atoms with Gasteiger partial charge in [-0.05, 0) is 38.5 Å². The summed E-state index contributed by atoms with van der Waals surface area (Å²) in [4.78, 5) is 24.1. The Morgan fingerprint density at radius 3 is 2.55 bits per heavy atom. The summed E-state index contributed by atoms with van der Waals surface area (Å²) in [6.07, 6.45) is -0.292. The van der Waals surface area contributed by atoms with Crippen LogP contribution in [0.3, 0.4) is 0 Å². The number of alkyl halides is 1. The van der Waals surface area contributed by atoms with Crippen LogP contribution in [-0.2, 0) is 16.0 Å². The molecule has 5 heteroatoms. The maximum absolute atomic E-state index is 14.8. The van der Waals surface area contributed by atoms with Gasteiger partial charge in [0.1, 0.15) is 11.4 Å². The Morgan fingerprint density at radius 1 is 1.35 bits per heavy atom. The van der Waals surface area contributed by atoms with Crippen molar-refractivity contribution in [3.8, 4) is 5.75 Å². The average molecular weight is 280 g/mol. The molecular weight excluding hydrogens is 263 g/mol. The molecule has 0 saturated heterocycles. The highest BCUT2D eigenvalue weighted by atomic mass is 19.1. The molecule has 2 rings (SSSR count). The van der Waals surface area contributed by atoms with Gasteiger partial charge in [0, 0.05) is 12.0 Å². The van der Waals surface area contributed by atoms with E-state index in [-0.39, 0.29) is 12.0 Å². The van der Waals surface area contributed by atoms with Gasteiger partial charge in [0.25, 0.3) is 5.67 Å². The first-order valence-electron chi connectivity index (χ1n) is 6.31. The minimum Gasteiger partial charge on any atom is -0.497 e. The third kappa shape index (κ3) is 2.40. The normalized spacial score (nSPS) is 21.6. The van der Waals surface area contributed by atoms with Gasteiger partial charge in [0.2, 0.25) is 5.78 Å². The van der Waals surface area contributed by atoms with Gasteiger partial charge in [-0.3, -0.25) is 4.79 Å². The van der Waals surface area contributed by atoms with Crippen LogP contribution in [0.5, 0.6) is 5.75 Å². The van der Waals surface area contributed by atoms with E-state index in [2.05, 4.69) is 0 Å². The van der Waals surface area contributed by atoms with E-state index in [1.165, 1.54) is 13.2 Å². The summed E-state index contributed by atoms with van der Waals surface area (Å²) in [5, 5.41) is 0. The first-order valence-corrected chi connectivity index (χ1v) is 6.31. The average Bonchev–Trinajstić information content (AvgIpc) is 2.61. The number of halogens is 1. The maximum Gasteiger partial charge on any atom is 0.353 e. The standard InChI is InChI=1S/C15H17FO4/c1-14(2,3)20-13(18)15(16)8-9-5-6-10(19-4)7-11(9)12(15)17/h5-7H,8H2,1-4H3. The van der Waals surface area contributed by atoms with Gasteiger partial charge in [-0.15, -0.1) is 0 Å². The molecule has 0 N–H and O–H groups in total. The minimum absolute atomic E-state index is 0.178. The molecule has 0 bridgehead atoms. The lowest BCUT2D eigenvalue weighted by Crippen LogP contribution is -2.44. The number of ketones is 1. The summed E-state index contributed by atoms with van der Waals surface area (Å²) in [6, 6.07) is 4.67. The highest BCUT2D eigenvalue weighted by Gasteiger charge is 2.54. The summed E-state index contributed by atoms with van der Waals surface area (Å²) in [5.74, 6) is -1.55. The summed E-state index contributed by atoms with van der Waals surface area (Å²) >= 11 is 0. The number of rotatable bonds is 2. The number of hydrogen-bond donors (Lipinski definition) is 0. The van der Waals surface area contributed by atoms with Crippen LogP contribution in [-0.4, -0.2) is 30.1 Å². The van der Waals surface area contributed by atoms with Gasteiger partial charge in [-0.25, -0.2) is 9.18 Å². The molecule has 1 aromatic carbocycles. The lowest BCUT2D eigenvalue weighted by atomic mass is 10.0. The SMILES string of the molecule is COc1ccc2c(c1)C(=O)C(F)(C(=O)OC(C)(C)C)C2. The number of carbonyl (C=O) groups excluding carboxylic acids is 2. The quantitative estimate of drug-likeness (QED) is 0.617. The molecule has 20 heavy (non-hydrogen) atoms. The molecule has 0 spiro atoms. The molecule has 0 aliphatic heterocycles. The fourth-order valence-electron chi connectivity index (χ4n) is 2.13. The van der Waals surface area contributed by atoms with E-state index in [9.17, 15) is 14.0 Å². The molecule has 1 aromatic rings. The van der Waals surface area contributed by atoms with Crippen LogP contribution in [0, 0.1) is 0 Å². The van der Waals surface area contributed by atoms with E-state index in [0.717, 1.165) is 0 Å². The second-order valence-electron chi connectivity index (χ2n) is 5.83. The zero-order valence-electron chi connectivity index (χ0n) is 12.0. The van der Waals surface area contributed by atoms with Crippen molar-refractivity contribution >= 4 is 11.8 Å². The number of esters is 1. The topological polar surface area (TPSA) is 52.6 Å². The van der Waals surface area contributed by atoms with Crippen LogP contribution in [0.25, 0.3) is 0 Å². The van der Waals surface area contributed by atoms with Crippen molar-refractivity contribution < 1.29 is 23.5 Å². The van der Waals surface area contributed by atoms with Gasteiger partial charge >= 0.3 is 5.97 Å². The Kier molecular flexibility index (Phi) is 3.32. The summed E-state index contributed by atoms with van der Waals surface area (Å²) in [6.45, 7) is 4.89. The molecule has 0 aromatic heterocycles. The van der Waals surface area contributed by atoms with Gasteiger partial charge in [-0.2, -0.15) is 0 Å².